The van der Waals surface area contributed by atoms with Gasteiger partial charge >= 0.3 is 0 Å². The number of aromatic amines is 1. The molecule has 4 nitrogen and oxygen atoms in total. The summed E-state index contributed by atoms with van der Waals surface area (Å²) >= 11 is 7.02. The van der Waals surface area contributed by atoms with E-state index in [1.54, 1.807) is 11.3 Å². The van der Waals surface area contributed by atoms with Crippen molar-refractivity contribution in [1.82, 2.24) is 19.7 Å². The number of aryl methyl sites for hydroxylation is 1. The molecule has 0 amide bonds. The molecule has 0 aromatic carbocycles. The van der Waals surface area contributed by atoms with Crippen molar-refractivity contribution in [3.63, 3.8) is 0 Å². The molecule has 2 aromatic rings. The molecule has 2 aromatic heterocycles. The van der Waals surface area contributed by atoms with Gasteiger partial charge in [0, 0.05) is 6.54 Å². The van der Waals surface area contributed by atoms with Gasteiger partial charge in [-0.2, -0.15) is 5.10 Å². The van der Waals surface area contributed by atoms with E-state index in [2.05, 4.69) is 37.9 Å². The van der Waals surface area contributed by atoms with E-state index < -0.39 is 0 Å². The van der Waals surface area contributed by atoms with E-state index in [0.29, 0.717) is 10.7 Å². The molecular formula is C13H20N4S2. The molecule has 6 heteroatoms. The highest BCUT2D eigenvalue weighted by molar-refractivity contribution is 7.71. The van der Waals surface area contributed by atoms with Gasteiger partial charge < -0.3 is 0 Å². The summed E-state index contributed by atoms with van der Waals surface area (Å²) in [6.07, 6.45) is 2.15. The van der Waals surface area contributed by atoms with Crippen LogP contribution < -0.4 is 0 Å². The fourth-order valence-corrected chi connectivity index (χ4v) is 3.61. The van der Waals surface area contributed by atoms with Gasteiger partial charge in [-0.05, 0) is 37.9 Å². The maximum atomic E-state index is 5.27. The summed E-state index contributed by atoms with van der Waals surface area (Å²) in [6.45, 7) is 9.43. The summed E-state index contributed by atoms with van der Waals surface area (Å²) in [4.78, 5) is 5.94. The molecule has 2 rings (SSSR count). The summed E-state index contributed by atoms with van der Waals surface area (Å²) in [7, 11) is 0. The van der Waals surface area contributed by atoms with Crippen molar-refractivity contribution in [2.75, 3.05) is 0 Å². The number of thiazole rings is 1. The van der Waals surface area contributed by atoms with Crippen LogP contribution in [0.3, 0.4) is 0 Å². The average molecular weight is 296 g/mol. The Kier molecular flexibility index (Phi) is 4.52. The molecule has 0 aliphatic rings. The summed E-state index contributed by atoms with van der Waals surface area (Å²) in [5.74, 6) is 1.32. The largest absolute Gasteiger partial charge is 0.300 e. The van der Waals surface area contributed by atoms with E-state index in [9.17, 15) is 0 Å². The lowest BCUT2D eigenvalue weighted by Gasteiger charge is -2.05. The van der Waals surface area contributed by atoms with Crippen LogP contribution in [0.15, 0.2) is 0 Å². The molecule has 1 N–H and O–H groups in total. The van der Waals surface area contributed by atoms with Gasteiger partial charge in [-0.1, -0.05) is 20.8 Å². The predicted molar refractivity (Wildman–Crippen MR) is 82.3 cm³/mol. The van der Waals surface area contributed by atoms with Crippen molar-refractivity contribution in [2.45, 2.75) is 53.0 Å². The van der Waals surface area contributed by atoms with Crippen LogP contribution in [0.4, 0.5) is 0 Å². The number of nitrogens with zero attached hydrogens (tertiary/aromatic N) is 3. The van der Waals surface area contributed by atoms with Gasteiger partial charge in [0.15, 0.2) is 10.6 Å². The highest BCUT2D eigenvalue weighted by Crippen LogP contribution is 2.34. The van der Waals surface area contributed by atoms with E-state index in [1.165, 1.54) is 5.01 Å². The minimum atomic E-state index is 0.396. The van der Waals surface area contributed by atoms with Gasteiger partial charge in [-0.25, -0.2) is 4.98 Å². The van der Waals surface area contributed by atoms with Crippen molar-refractivity contribution < 1.29 is 0 Å². The lowest BCUT2D eigenvalue weighted by atomic mass is 10.1. The number of hydrogen-bond donors (Lipinski definition) is 1. The van der Waals surface area contributed by atoms with Gasteiger partial charge in [0.25, 0.3) is 0 Å². The lowest BCUT2D eigenvalue weighted by molar-refractivity contribution is 0.752. The third-order valence-corrected chi connectivity index (χ3v) is 4.42. The van der Waals surface area contributed by atoms with E-state index in [-0.39, 0.29) is 0 Å². The molecule has 0 bridgehead atoms. The molecule has 0 atom stereocenters. The van der Waals surface area contributed by atoms with Crippen LogP contribution >= 0.6 is 23.6 Å². The highest BCUT2D eigenvalue weighted by atomic mass is 32.1. The monoisotopic (exact) mass is 296 g/mol. The van der Waals surface area contributed by atoms with Gasteiger partial charge in [0.05, 0.1) is 15.6 Å². The van der Waals surface area contributed by atoms with Crippen LogP contribution in [-0.4, -0.2) is 19.7 Å². The van der Waals surface area contributed by atoms with E-state index in [0.717, 1.165) is 35.8 Å². The Morgan fingerprint density at radius 1 is 1.37 bits per heavy atom. The van der Waals surface area contributed by atoms with Crippen LogP contribution in [0.2, 0.25) is 0 Å². The second-order valence-corrected chi connectivity index (χ2v) is 6.29. The summed E-state index contributed by atoms with van der Waals surface area (Å²) in [5, 5.41) is 8.47. The maximum absolute atomic E-state index is 5.27. The number of rotatable bonds is 5. The molecule has 2 heterocycles. The normalized spacial score (nSPS) is 11.4. The first-order valence-corrected chi connectivity index (χ1v) is 7.96. The SMILES string of the molecule is CCCc1nc(C(C)C)c(-c2n[nH]c(=S)n2CC)s1. The number of hydrogen-bond acceptors (Lipinski definition) is 4. The fraction of sp³-hybridized carbons (Fsp3) is 0.615. The second kappa shape index (κ2) is 5.96. The summed E-state index contributed by atoms with van der Waals surface area (Å²) in [5.41, 5.74) is 1.14. The zero-order chi connectivity index (χ0) is 14.0. The van der Waals surface area contributed by atoms with Crippen molar-refractivity contribution in [3.8, 4) is 10.7 Å². The van der Waals surface area contributed by atoms with Crippen molar-refractivity contribution in [3.05, 3.63) is 15.5 Å². The third kappa shape index (κ3) is 2.79. The molecule has 0 unspecified atom stereocenters. The zero-order valence-corrected chi connectivity index (χ0v) is 13.5. The lowest BCUT2D eigenvalue weighted by Crippen LogP contribution is -1.99. The smallest absolute Gasteiger partial charge is 0.195 e. The standard InChI is InChI=1S/C13H20N4S2/c1-5-7-9-14-10(8(3)4)11(19-9)12-15-16-13(18)17(12)6-2/h8H,5-7H2,1-4H3,(H,16,18). The van der Waals surface area contributed by atoms with Crippen LogP contribution in [0.5, 0.6) is 0 Å². The van der Waals surface area contributed by atoms with Crippen molar-refractivity contribution >= 4 is 23.6 Å². The Hall–Kier alpha value is -1.01. The Bertz CT molecular complexity index is 606. The quantitative estimate of drug-likeness (QED) is 0.843. The topological polar surface area (TPSA) is 46.5 Å². The molecule has 104 valence electrons. The van der Waals surface area contributed by atoms with Gasteiger partial charge in [-0.3, -0.25) is 9.67 Å². The Morgan fingerprint density at radius 2 is 2.11 bits per heavy atom. The second-order valence-electron chi connectivity index (χ2n) is 4.82. The molecule has 0 radical (unpaired) electrons. The molecule has 0 aliphatic heterocycles. The number of aromatic nitrogens is 4. The molecule has 0 saturated carbocycles. The first kappa shape index (κ1) is 14.4. The summed E-state index contributed by atoms with van der Waals surface area (Å²) in [6, 6.07) is 0. The minimum Gasteiger partial charge on any atom is -0.300 e. The van der Waals surface area contributed by atoms with Crippen molar-refractivity contribution in [1.29, 1.82) is 0 Å². The molecule has 0 aliphatic carbocycles. The predicted octanol–water partition coefficient (Wildman–Crippen LogP) is 4.16. The van der Waals surface area contributed by atoms with Gasteiger partial charge in [-0.15, -0.1) is 11.3 Å². The molecule has 19 heavy (non-hydrogen) atoms. The Balaban J connectivity index is 2.56. The van der Waals surface area contributed by atoms with E-state index in [4.69, 9.17) is 17.2 Å². The van der Waals surface area contributed by atoms with Gasteiger partial charge in [0.1, 0.15) is 0 Å². The van der Waals surface area contributed by atoms with Crippen LogP contribution in [0.1, 0.15) is 50.7 Å². The maximum Gasteiger partial charge on any atom is 0.195 e. The average Bonchev–Trinajstić information content (AvgIpc) is 2.93. The molecule has 0 spiro atoms. The van der Waals surface area contributed by atoms with Crippen molar-refractivity contribution in [2.24, 2.45) is 0 Å². The molecule has 0 fully saturated rings. The Morgan fingerprint density at radius 3 is 2.68 bits per heavy atom. The summed E-state index contributed by atoms with van der Waals surface area (Å²) < 4.78 is 2.71. The van der Waals surface area contributed by atoms with Crippen LogP contribution in [-0.2, 0) is 13.0 Å². The molecule has 0 saturated heterocycles. The number of H-pyrrole nitrogens is 1. The van der Waals surface area contributed by atoms with E-state index >= 15 is 0 Å². The van der Waals surface area contributed by atoms with Crippen LogP contribution in [0.25, 0.3) is 10.7 Å². The van der Waals surface area contributed by atoms with Gasteiger partial charge in [0.2, 0.25) is 0 Å². The zero-order valence-electron chi connectivity index (χ0n) is 11.9. The number of nitrogens with one attached hydrogen (secondary N) is 1. The minimum absolute atomic E-state index is 0.396. The third-order valence-electron chi connectivity index (χ3n) is 2.99. The van der Waals surface area contributed by atoms with E-state index in [1.807, 2.05) is 4.57 Å². The first-order chi connectivity index (χ1) is 9.08. The van der Waals surface area contributed by atoms with Crippen LogP contribution in [0, 0.1) is 4.77 Å². The highest BCUT2D eigenvalue weighted by Gasteiger charge is 2.19. The first-order valence-electron chi connectivity index (χ1n) is 6.73. The molecular weight excluding hydrogens is 276 g/mol. The fourth-order valence-electron chi connectivity index (χ4n) is 2.03. The Labute approximate surface area is 122 Å².